The van der Waals surface area contributed by atoms with Gasteiger partial charge in [0.2, 0.25) is 0 Å². The van der Waals surface area contributed by atoms with Crippen molar-refractivity contribution in [3.05, 3.63) is 65.7 Å². The first-order valence-electron chi connectivity index (χ1n) is 6.60. The quantitative estimate of drug-likeness (QED) is 0.846. The summed E-state index contributed by atoms with van der Waals surface area (Å²) < 4.78 is 5.66. The number of aromatic hydroxyl groups is 1. The molecule has 0 saturated heterocycles. The van der Waals surface area contributed by atoms with Gasteiger partial charge in [0.25, 0.3) is 0 Å². The summed E-state index contributed by atoms with van der Waals surface area (Å²) in [6.07, 6.45) is 3.84. The number of phenolic OH excluding ortho intramolecular Hbond substituents is 1. The van der Waals surface area contributed by atoms with Crippen LogP contribution in [-0.2, 0) is 6.61 Å². The Kier molecular flexibility index (Phi) is 5.21. The molecule has 0 radical (unpaired) electrons. The van der Waals surface area contributed by atoms with E-state index >= 15 is 0 Å². The molecule has 0 saturated carbocycles. The van der Waals surface area contributed by atoms with Crippen molar-refractivity contribution < 1.29 is 9.84 Å². The molecule has 0 spiro atoms. The van der Waals surface area contributed by atoms with Crippen LogP contribution in [0.5, 0.6) is 11.5 Å². The zero-order chi connectivity index (χ0) is 14.2. The van der Waals surface area contributed by atoms with Crippen molar-refractivity contribution in [2.45, 2.75) is 6.61 Å². The van der Waals surface area contributed by atoms with Gasteiger partial charge in [-0.2, -0.15) is 0 Å². The number of rotatable bonds is 6. The normalized spacial score (nSPS) is 10.8. The molecule has 2 aromatic rings. The molecule has 2 aromatic carbocycles. The molecule has 0 aliphatic heterocycles. The number of hydrogen-bond donors (Lipinski definition) is 2. The molecule has 20 heavy (non-hydrogen) atoms. The SMILES string of the molecule is CNCC=Cc1ccc(OCc2ccccc2)cc1O. The molecule has 2 N–H and O–H groups in total. The lowest BCUT2D eigenvalue weighted by atomic mass is 10.1. The average molecular weight is 269 g/mol. The Hall–Kier alpha value is -2.26. The maximum atomic E-state index is 9.94. The van der Waals surface area contributed by atoms with E-state index in [1.807, 2.05) is 61.7 Å². The van der Waals surface area contributed by atoms with E-state index in [0.29, 0.717) is 12.4 Å². The first-order valence-corrected chi connectivity index (χ1v) is 6.60. The number of ether oxygens (including phenoxy) is 1. The monoisotopic (exact) mass is 269 g/mol. The minimum absolute atomic E-state index is 0.225. The summed E-state index contributed by atoms with van der Waals surface area (Å²) in [6.45, 7) is 1.26. The van der Waals surface area contributed by atoms with E-state index < -0.39 is 0 Å². The molecule has 0 unspecified atom stereocenters. The molecule has 3 nitrogen and oxygen atoms in total. The zero-order valence-corrected chi connectivity index (χ0v) is 11.5. The highest BCUT2D eigenvalue weighted by Gasteiger charge is 2.01. The van der Waals surface area contributed by atoms with Crippen LogP contribution >= 0.6 is 0 Å². The Morgan fingerprint density at radius 1 is 1.15 bits per heavy atom. The highest BCUT2D eigenvalue weighted by Crippen LogP contribution is 2.25. The van der Waals surface area contributed by atoms with Gasteiger partial charge in [-0.1, -0.05) is 42.5 Å². The molecule has 0 fully saturated rings. The average Bonchev–Trinajstić information content (AvgIpc) is 2.48. The molecular formula is C17H19NO2. The highest BCUT2D eigenvalue weighted by molar-refractivity contribution is 5.58. The van der Waals surface area contributed by atoms with Crippen molar-refractivity contribution in [2.75, 3.05) is 13.6 Å². The van der Waals surface area contributed by atoms with Crippen LogP contribution in [0.1, 0.15) is 11.1 Å². The van der Waals surface area contributed by atoms with Crippen molar-refractivity contribution in [1.82, 2.24) is 5.32 Å². The third kappa shape index (κ3) is 4.14. The Morgan fingerprint density at radius 2 is 1.95 bits per heavy atom. The summed E-state index contributed by atoms with van der Waals surface area (Å²) in [6, 6.07) is 15.3. The standard InChI is InChI=1S/C17H19NO2/c1-18-11-5-8-15-9-10-16(12-17(15)19)20-13-14-6-3-2-4-7-14/h2-10,12,18-19H,11,13H2,1H3. The lowest BCUT2D eigenvalue weighted by Crippen LogP contribution is -2.03. The van der Waals surface area contributed by atoms with Gasteiger partial charge in [0.05, 0.1) is 0 Å². The van der Waals surface area contributed by atoms with Crippen molar-refractivity contribution >= 4 is 6.08 Å². The van der Waals surface area contributed by atoms with Crippen molar-refractivity contribution in [3.8, 4) is 11.5 Å². The van der Waals surface area contributed by atoms with Gasteiger partial charge >= 0.3 is 0 Å². The third-order valence-electron chi connectivity index (χ3n) is 2.87. The Bertz CT molecular complexity index is 564. The molecule has 0 aliphatic carbocycles. The number of nitrogens with one attached hydrogen (secondary N) is 1. The molecule has 3 heteroatoms. The van der Waals surface area contributed by atoms with Crippen LogP contribution in [0, 0.1) is 0 Å². The van der Waals surface area contributed by atoms with E-state index in [0.717, 1.165) is 17.7 Å². The predicted octanol–water partition coefficient (Wildman–Crippen LogP) is 3.20. The van der Waals surface area contributed by atoms with Gasteiger partial charge in [-0.25, -0.2) is 0 Å². The zero-order valence-electron chi connectivity index (χ0n) is 11.5. The van der Waals surface area contributed by atoms with Crippen molar-refractivity contribution in [1.29, 1.82) is 0 Å². The summed E-state index contributed by atoms with van der Waals surface area (Å²) in [5.74, 6) is 0.889. The fourth-order valence-electron chi connectivity index (χ4n) is 1.80. The Morgan fingerprint density at radius 3 is 2.65 bits per heavy atom. The highest BCUT2D eigenvalue weighted by atomic mass is 16.5. The lowest BCUT2D eigenvalue weighted by Gasteiger charge is -2.08. The van der Waals surface area contributed by atoms with Crippen LogP contribution in [-0.4, -0.2) is 18.7 Å². The number of benzene rings is 2. The fourth-order valence-corrected chi connectivity index (χ4v) is 1.80. The van der Waals surface area contributed by atoms with Crippen LogP contribution in [0.15, 0.2) is 54.6 Å². The summed E-state index contributed by atoms with van der Waals surface area (Å²) in [7, 11) is 1.88. The lowest BCUT2D eigenvalue weighted by molar-refractivity contribution is 0.304. The van der Waals surface area contributed by atoms with Gasteiger partial charge in [-0.15, -0.1) is 0 Å². The van der Waals surface area contributed by atoms with E-state index in [1.165, 1.54) is 0 Å². The molecule has 104 valence electrons. The topological polar surface area (TPSA) is 41.5 Å². The van der Waals surface area contributed by atoms with Crippen LogP contribution in [0.3, 0.4) is 0 Å². The largest absolute Gasteiger partial charge is 0.507 e. The van der Waals surface area contributed by atoms with Crippen molar-refractivity contribution in [2.24, 2.45) is 0 Å². The van der Waals surface area contributed by atoms with Gasteiger partial charge in [-0.3, -0.25) is 0 Å². The first kappa shape index (κ1) is 14.2. The van der Waals surface area contributed by atoms with E-state index in [1.54, 1.807) is 6.07 Å². The number of hydrogen-bond acceptors (Lipinski definition) is 3. The maximum Gasteiger partial charge on any atom is 0.126 e. The van der Waals surface area contributed by atoms with Gasteiger partial charge in [0.15, 0.2) is 0 Å². The van der Waals surface area contributed by atoms with Crippen molar-refractivity contribution in [3.63, 3.8) is 0 Å². The second-order valence-corrected chi connectivity index (χ2v) is 4.45. The van der Waals surface area contributed by atoms with Gasteiger partial charge in [0.1, 0.15) is 18.1 Å². The van der Waals surface area contributed by atoms with Crippen LogP contribution in [0.25, 0.3) is 6.08 Å². The van der Waals surface area contributed by atoms with Crippen LogP contribution in [0.2, 0.25) is 0 Å². The third-order valence-corrected chi connectivity index (χ3v) is 2.87. The summed E-state index contributed by atoms with van der Waals surface area (Å²) in [4.78, 5) is 0. The fraction of sp³-hybridized carbons (Fsp3) is 0.176. The van der Waals surface area contributed by atoms with Gasteiger partial charge in [0, 0.05) is 18.2 Å². The predicted molar refractivity (Wildman–Crippen MR) is 81.8 cm³/mol. The first-order chi connectivity index (χ1) is 9.79. The molecule has 0 heterocycles. The minimum atomic E-state index is 0.225. The molecule has 0 aliphatic rings. The molecule has 0 bridgehead atoms. The van der Waals surface area contributed by atoms with Crippen LogP contribution in [0.4, 0.5) is 0 Å². The molecule has 0 atom stereocenters. The molecule has 0 aromatic heterocycles. The summed E-state index contributed by atoms with van der Waals surface area (Å²) in [5, 5.41) is 13.0. The molecule has 2 rings (SSSR count). The number of phenols is 1. The Balaban J connectivity index is 1.98. The van der Waals surface area contributed by atoms with E-state index in [9.17, 15) is 5.11 Å². The Labute approximate surface area is 119 Å². The van der Waals surface area contributed by atoms with E-state index in [-0.39, 0.29) is 5.75 Å². The second kappa shape index (κ2) is 7.36. The van der Waals surface area contributed by atoms with Gasteiger partial charge < -0.3 is 15.2 Å². The maximum absolute atomic E-state index is 9.94. The van der Waals surface area contributed by atoms with Crippen LogP contribution < -0.4 is 10.1 Å². The summed E-state index contributed by atoms with van der Waals surface area (Å²) in [5.41, 5.74) is 1.89. The molecule has 0 amide bonds. The van der Waals surface area contributed by atoms with E-state index in [2.05, 4.69) is 5.32 Å². The second-order valence-electron chi connectivity index (χ2n) is 4.45. The van der Waals surface area contributed by atoms with E-state index in [4.69, 9.17) is 4.74 Å². The smallest absolute Gasteiger partial charge is 0.126 e. The minimum Gasteiger partial charge on any atom is -0.507 e. The van der Waals surface area contributed by atoms with Gasteiger partial charge in [-0.05, 0) is 24.7 Å². The number of likely N-dealkylation sites (N-methyl/N-ethyl adjacent to an activating group) is 1. The summed E-state index contributed by atoms with van der Waals surface area (Å²) >= 11 is 0. The molecular weight excluding hydrogens is 250 g/mol.